The van der Waals surface area contributed by atoms with Gasteiger partial charge >= 0.3 is 11.9 Å². The fourth-order valence-corrected chi connectivity index (χ4v) is 1.15. The van der Waals surface area contributed by atoms with Crippen LogP contribution in [0.25, 0.3) is 0 Å². The van der Waals surface area contributed by atoms with E-state index in [0.717, 1.165) is 12.8 Å². The van der Waals surface area contributed by atoms with Gasteiger partial charge in [-0.25, -0.2) is 0 Å². The van der Waals surface area contributed by atoms with Crippen molar-refractivity contribution in [2.24, 2.45) is 0 Å². The monoisotopic (exact) mass is 228 g/mol. The first kappa shape index (κ1) is 14.7. The highest BCUT2D eigenvalue weighted by molar-refractivity contribution is 5.76. The minimum Gasteiger partial charge on any atom is -0.481 e. The molecule has 0 fully saturated rings. The Labute approximate surface area is 96.3 Å². The molecule has 0 saturated heterocycles. The molecule has 0 aliphatic carbocycles. The molecule has 0 aliphatic rings. The van der Waals surface area contributed by atoms with E-state index in [9.17, 15) is 9.59 Å². The Balaban J connectivity index is 3.37. The zero-order valence-electron chi connectivity index (χ0n) is 9.78. The van der Waals surface area contributed by atoms with Crippen LogP contribution in [0.4, 0.5) is 0 Å². The molecule has 0 aliphatic heterocycles. The van der Waals surface area contributed by atoms with E-state index in [1.165, 1.54) is 25.5 Å². The van der Waals surface area contributed by atoms with Crippen LogP contribution in [0.5, 0.6) is 0 Å². The van der Waals surface area contributed by atoms with Gasteiger partial charge in [-0.1, -0.05) is 26.2 Å². The zero-order valence-corrected chi connectivity index (χ0v) is 9.78. The van der Waals surface area contributed by atoms with E-state index in [4.69, 9.17) is 9.84 Å². The van der Waals surface area contributed by atoms with Gasteiger partial charge in [-0.05, 0) is 18.9 Å². The summed E-state index contributed by atoms with van der Waals surface area (Å²) in [6.45, 7) is 2.15. The summed E-state index contributed by atoms with van der Waals surface area (Å²) in [6.07, 6.45) is 8.51. The molecule has 4 heteroatoms. The second-order valence-corrected chi connectivity index (χ2v) is 3.60. The number of allylic oxidation sites excluding steroid dienone is 1. The fraction of sp³-hybridized carbons (Fsp3) is 0.667. The molecule has 0 radical (unpaired) electrons. The van der Waals surface area contributed by atoms with Crippen molar-refractivity contribution in [1.29, 1.82) is 0 Å². The van der Waals surface area contributed by atoms with Crippen LogP contribution in [0, 0.1) is 0 Å². The minimum absolute atomic E-state index is 0.0739. The van der Waals surface area contributed by atoms with Gasteiger partial charge in [0.05, 0.1) is 19.1 Å². The highest BCUT2D eigenvalue weighted by atomic mass is 16.5. The van der Waals surface area contributed by atoms with E-state index >= 15 is 0 Å². The molecule has 4 nitrogen and oxygen atoms in total. The van der Waals surface area contributed by atoms with Crippen molar-refractivity contribution in [2.45, 2.75) is 51.9 Å². The first-order chi connectivity index (χ1) is 7.66. The number of carboxylic acid groups (broad SMARTS) is 1. The molecule has 0 rings (SSSR count). The van der Waals surface area contributed by atoms with E-state index in [1.807, 2.05) is 0 Å². The van der Waals surface area contributed by atoms with E-state index in [-0.39, 0.29) is 12.8 Å². The molecule has 0 aromatic heterocycles. The molecule has 0 aromatic carbocycles. The maximum atomic E-state index is 10.9. The highest BCUT2D eigenvalue weighted by Gasteiger charge is 2.04. The summed E-state index contributed by atoms with van der Waals surface area (Å²) >= 11 is 0. The second kappa shape index (κ2) is 10.2. The summed E-state index contributed by atoms with van der Waals surface area (Å²) in [4.78, 5) is 21.1. The first-order valence-electron chi connectivity index (χ1n) is 5.73. The fourth-order valence-electron chi connectivity index (χ4n) is 1.15. The number of carbonyl (C=O) groups excluding carboxylic acids is 1. The lowest BCUT2D eigenvalue weighted by Gasteiger charge is -1.97. The number of hydrogen-bond donors (Lipinski definition) is 1. The van der Waals surface area contributed by atoms with Crippen LogP contribution in [0.2, 0.25) is 0 Å². The van der Waals surface area contributed by atoms with Gasteiger partial charge in [-0.3, -0.25) is 9.59 Å². The topological polar surface area (TPSA) is 63.6 Å². The predicted molar refractivity (Wildman–Crippen MR) is 60.9 cm³/mol. The first-order valence-corrected chi connectivity index (χ1v) is 5.73. The Morgan fingerprint density at radius 2 is 1.94 bits per heavy atom. The Kier molecular flexibility index (Phi) is 9.36. The average molecular weight is 228 g/mol. The molecule has 0 bridgehead atoms. The smallest absolute Gasteiger partial charge is 0.311 e. The van der Waals surface area contributed by atoms with Crippen LogP contribution < -0.4 is 0 Å². The summed E-state index contributed by atoms with van der Waals surface area (Å²) in [7, 11) is 0. The SMILES string of the molecule is CCCCCC/C=C/OC(=O)CCC(=O)O. The Morgan fingerprint density at radius 3 is 2.56 bits per heavy atom. The minimum atomic E-state index is -0.986. The molecule has 0 aromatic rings. The van der Waals surface area contributed by atoms with Crippen LogP contribution in [-0.2, 0) is 14.3 Å². The quantitative estimate of drug-likeness (QED) is 0.374. The number of carboxylic acids is 1. The summed E-state index contributed by atoms with van der Waals surface area (Å²) in [5, 5.41) is 8.33. The number of carbonyl (C=O) groups is 2. The van der Waals surface area contributed by atoms with Gasteiger partial charge in [0.15, 0.2) is 0 Å². The third kappa shape index (κ3) is 10.8. The third-order valence-corrected chi connectivity index (χ3v) is 2.06. The molecule has 0 heterocycles. The van der Waals surface area contributed by atoms with E-state index in [0.29, 0.717) is 0 Å². The van der Waals surface area contributed by atoms with Gasteiger partial charge in [0.2, 0.25) is 0 Å². The molecule has 92 valence electrons. The van der Waals surface area contributed by atoms with Crippen molar-refractivity contribution in [3.05, 3.63) is 12.3 Å². The van der Waals surface area contributed by atoms with Gasteiger partial charge in [-0.15, -0.1) is 0 Å². The molecule has 0 saturated carbocycles. The zero-order chi connectivity index (χ0) is 12.2. The summed E-state index contributed by atoms with van der Waals surface area (Å²) < 4.78 is 4.72. The lowest BCUT2D eigenvalue weighted by Crippen LogP contribution is -2.03. The Morgan fingerprint density at radius 1 is 1.19 bits per heavy atom. The van der Waals surface area contributed by atoms with Gasteiger partial charge < -0.3 is 9.84 Å². The van der Waals surface area contributed by atoms with Gasteiger partial charge in [-0.2, -0.15) is 0 Å². The number of rotatable bonds is 9. The third-order valence-electron chi connectivity index (χ3n) is 2.06. The van der Waals surface area contributed by atoms with Crippen molar-refractivity contribution < 1.29 is 19.4 Å². The van der Waals surface area contributed by atoms with E-state index < -0.39 is 11.9 Å². The molecule has 1 N–H and O–H groups in total. The highest BCUT2D eigenvalue weighted by Crippen LogP contribution is 2.03. The van der Waals surface area contributed by atoms with Crippen LogP contribution in [0.15, 0.2) is 12.3 Å². The van der Waals surface area contributed by atoms with Crippen molar-refractivity contribution in [3.8, 4) is 0 Å². The number of aliphatic carboxylic acids is 1. The van der Waals surface area contributed by atoms with E-state index in [1.54, 1.807) is 6.08 Å². The lowest BCUT2D eigenvalue weighted by molar-refractivity contribution is -0.144. The van der Waals surface area contributed by atoms with Crippen LogP contribution >= 0.6 is 0 Å². The largest absolute Gasteiger partial charge is 0.481 e. The summed E-state index contributed by atoms with van der Waals surface area (Å²) in [5.41, 5.74) is 0. The molecular weight excluding hydrogens is 208 g/mol. The van der Waals surface area contributed by atoms with Crippen LogP contribution in [0.3, 0.4) is 0 Å². The number of unbranched alkanes of at least 4 members (excludes halogenated alkanes) is 4. The molecule has 0 unspecified atom stereocenters. The van der Waals surface area contributed by atoms with Crippen molar-refractivity contribution in [1.82, 2.24) is 0 Å². The number of esters is 1. The average Bonchev–Trinajstić information content (AvgIpc) is 2.25. The predicted octanol–water partition coefficient (Wildman–Crippen LogP) is 2.88. The Hall–Kier alpha value is -1.32. The Bertz CT molecular complexity index is 233. The molecule has 0 atom stereocenters. The van der Waals surface area contributed by atoms with E-state index in [2.05, 4.69) is 6.92 Å². The molecule has 0 spiro atoms. The maximum absolute atomic E-state index is 10.9. The number of ether oxygens (including phenoxy) is 1. The van der Waals surface area contributed by atoms with Crippen LogP contribution in [0.1, 0.15) is 51.9 Å². The van der Waals surface area contributed by atoms with Crippen molar-refractivity contribution in [2.75, 3.05) is 0 Å². The molecule has 16 heavy (non-hydrogen) atoms. The lowest BCUT2D eigenvalue weighted by atomic mass is 10.1. The van der Waals surface area contributed by atoms with Gasteiger partial charge in [0.25, 0.3) is 0 Å². The number of hydrogen-bond acceptors (Lipinski definition) is 3. The second-order valence-electron chi connectivity index (χ2n) is 3.60. The molecule has 0 amide bonds. The molecular formula is C12H20O4. The van der Waals surface area contributed by atoms with Crippen molar-refractivity contribution >= 4 is 11.9 Å². The summed E-state index contributed by atoms with van der Waals surface area (Å²) in [6, 6.07) is 0. The van der Waals surface area contributed by atoms with Gasteiger partial charge in [0.1, 0.15) is 0 Å². The van der Waals surface area contributed by atoms with Crippen LogP contribution in [-0.4, -0.2) is 17.0 Å². The van der Waals surface area contributed by atoms with Gasteiger partial charge in [0, 0.05) is 0 Å². The normalized spacial score (nSPS) is 10.6. The maximum Gasteiger partial charge on any atom is 0.311 e. The summed E-state index contributed by atoms with van der Waals surface area (Å²) in [5.74, 6) is -1.48. The standard InChI is InChI=1S/C12H20O4/c1-2-3-4-5-6-7-10-16-12(15)9-8-11(13)14/h7,10H,2-6,8-9H2,1H3,(H,13,14)/b10-7+. The van der Waals surface area contributed by atoms with Crippen molar-refractivity contribution in [3.63, 3.8) is 0 Å².